The Labute approximate surface area is 110 Å². The van der Waals surface area contributed by atoms with Crippen molar-refractivity contribution in [3.05, 3.63) is 16.1 Å². The first kappa shape index (κ1) is 13.0. The van der Waals surface area contributed by atoms with Crippen molar-refractivity contribution in [2.45, 2.75) is 26.3 Å². The molecule has 98 valence electrons. The van der Waals surface area contributed by atoms with Gasteiger partial charge in [-0.15, -0.1) is 11.3 Å². The van der Waals surface area contributed by atoms with E-state index in [4.69, 9.17) is 0 Å². The summed E-state index contributed by atoms with van der Waals surface area (Å²) in [6, 6.07) is 0. The minimum atomic E-state index is -0.0817. The van der Waals surface area contributed by atoms with Gasteiger partial charge in [-0.25, -0.2) is 4.98 Å². The zero-order chi connectivity index (χ0) is 13.1. The fraction of sp³-hybridized carbons (Fsp3) is 0.583. The zero-order valence-electron chi connectivity index (χ0n) is 10.6. The van der Waals surface area contributed by atoms with Crippen molar-refractivity contribution >= 4 is 23.2 Å². The second-order valence-corrected chi connectivity index (χ2v) is 5.90. The van der Waals surface area contributed by atoms with Gasteiger partial charge in [0.15, 0.2) is 0 Å². The van der Waals surface area contributed by atoms with Gasteiger partial charge in [0.2, 0.25) is 11.8 Å². The summed E-state index contributed by atoms with van der Waals surface area (Å²) in [5.74, 6) is 0.0579. The second kappa shape index (κ2) is 5.48. The third kappa shape index (κ3) is 3.07. The number of thiazole rings is 1. The van der Waals surface area contributed by atoms with Crippen LogP contribution in [0.2, 0.25) is 0 Å². The molecule has 1 aromatic rings. The Kier molecular flexibility index (Phi) is 3.96. The van der Waals surface area contributed by atoms with Gasteiger partial charge in [-0.05, 0) is 13.3 Å². The maximum absolute atomic E-state index is 12.2. The molecule has 0 saturated carbocycles. The van der Waals surface area contributed by atoms with E-state index in [2.05, 4.69) is 10.3 Å². The highest BCUT2D eigenvalue weighted by molar-refractivity contribution is 7.11. The number of hydrogen-bond donors (Lipinski definition) is 1. The second-order valence-electron chi connectivity index (χ2n) is 4.58. The van der Waals surface area contributed by atoms with Gasteiger partial charge in [0.25, 0.3) is 0 Å². The normalized spacial score (nSPS) is 19.4. The lowest BCUT2D eigenvalue weighted by Gasteiger charge is -2.26. The van der Waals surface area contributed by atoms with Crippen LogP contribution in [0, 0.1) is 12.8 Å². The molecule has 0 spiro atoms. The largest absolute Gasteiger partial charge is 0.355 e. The molecule has 1 fully saturated rings. The quantitative estimate of drug-likeness (QED) is 0.886. The van der Waals surface area contributed by atoms with E-state index in [1.165, 1.54) is 0 Å². The van der Waals surface area contributed by atoms with Crippen LogP contribution in [0.3, 0.4) is 0 Å². The third-order valence-corrected chi connectivity index (χ3v) is 3.95. The highest BCUT2D eigenvalue weighted by atomic mass is 32.1. The zero-order valence-corrected chi connectivity index (χ0v) is 11.4. The Morgan fingerprint density at radius 1 is 1.67 bits per heavy atom. The molecule has 1 saturated heterocycles. The first-order chi connectivity index (χ1) is 8.56. The summed E-state index contributed by atoms with van der Waals surface area (Å²) < 4.78 is 0. The van der Waals surface area contributed by atoms with Crippen molar-refractivity contribution < 1.29 is 9.59 Å². The molecule has 1 unspecified atom stereocenters. The smallest absolute Gasteiger partial charge is 0.227 e. The van der Waals surface area contributed by atoms with Crippen LogP contribution in [0.25, 0.3) is 0 Å². The van der Waals surface area contributed by atoms with Crippen LogP contribution in [0.5, 0.6) is 0 Å². The van der Waals surface area contributed by atoms with Crippen molar-refractivity contribution in [3.63, 3.8) is 0 Å². The molecule has 2 amide bonds. The minimum Gasteiger partial charge on any atom is -0.355 e. The Bertz CT molecular complexity index is 448. The van der Waals surface area contributed by atoms with E-state index < -0.39 is 0 Å². The molecule has 0 aliphatic carbocycles. The molecule has 0 bridgehead atoms. The number of hydrogen-bond acceptors (Lipinski definition) is 4. The standard InChI is InChI=1S/C12H17N3O2S/c1-8-13-6-10(18-8)7-15(2)12(17)9-3-4-11(16)14-5-9/h6,9H,3-5,7H2,1-2H3,(H,14,16). The van der Waals surface area contributed by atoms with Crippen molar-refractivity contribution in [1.82, 2.24) is 15.2 Å². The predicted molar refractivity (Wildman–Crippen MR) is 69.1 cm³/mol. The Balaban J connectivity index is 1.90. The number of aromatic nitrogens is 1. The highest BCUT2D eigenvalue weighted by Gasteiger charge is 2.26. The Morgan fingerprint density at radius 2 is 2.44 bits per heavy atom. The SMILES string of the molecule is Cc1ncc(CN(C)C(=O)C2CCC(=O)NC2)s1. The van der Waals surface area contributed by atoms with Crippen LogP contribution >= 0.6 is 11.3 Å². The molecule has 0 radical (unpaired) electrons. The van der Waals surface area contributed by atoms with Gasteiger partial charge >= 0.3 is 0 Å². The lowest BCUT2D eigenvalue weighted by molar-refractivity contribution is -0.136. The molecular formula is C12H17N3O2S. The number of amides is 2. The van der Waals surface area contributed by atoms with Crippen LogP contribution < -0.4 is 5.32 Å². The molecule has 1 atom stereocenters. The molecule has 1 N–H and O–H groups in total. The van der Waals surface area contributed by atoms with Crippen molar-refractivity contribution in [1.29, 1.82) is 0 Å². The minimum absolute atomic E-state index is 0.0415. The van der Waals surface area contributed by atoms with Gasteiger partial charge in [0.1, 0.15) is 0 Å². The first-order valence-electron chi connectivity index (χ1n) is 5.99. The lowest BCUT2D eigenvalue weighted by atomic mass is 9.98. The third-order valence-electron chi connectivity index (χ3n) is 3.05. The topological polar surface area (TPSA) is 62.3 Å². The summed E-state index contributed by atoms with van der Waals surface area (Å²) in [6.07, 6.45) is 2.91. The Hall–Kier alpha value is -1.43. The van der Waals surface area contributed by atoms with Crippen LogP contribution in [-0.4, -0.2) is 35.3 Å². The van der Waals surface area contributed by atoms with E-state index in [9.17, 15) is 9.59 Å². The molecular weight excluding hydrogens is 250 g/mol. The molecule has 0 aromatic carbocycles. The molecule has 18 heavy (non-hydrogen) atoms. The summed E-state index contributed by atoms with van der Waals surface area (Å²) in [6.45, 7) is 3.01. The summed E-state index contributed by atoms with van der Waals surface area (Å²) in [4.78, 5) is 30.2. The molecule has 6 heteroatoms. The van der Waals surface area contributed by atoms with E-state index in [-0.39, 0.29) is 17.7 Å². The molecule has 1 aromatic heterocycles. The van der Waals surface area contributed by atoms with Crippen molar-refractivity contribution in [3.8, 4) is 0 Å². The average molecular weight is 267 g/mol. The van der Waals surface area contributed by atoms with Gasteiger partial charge in [-0.1, -0.05) is 0 Å². The summed E-state index contributed by atoms with van der Waals surface area (Å²) in [7, 11) is 1.80. The van der Waals surface area contributed by atoms with Gasteiger partial charge in [0.05, 0.1) is 17.5 Å². The van der Waals surface area contributed by atoms with Gasteiger partial charge in [-0.3, -0.25) is 9.59 Å². The summed E-state index contributed by atoms with van der Waals surface area (Å²) in [5.41, 5.74) is 0. The fourth-order valence-corrected chi connectivity index (χ4v) is 2.89. The molecule has 2 heterocycles. The number of carbonyl (C=O) groups excluding carboxylic acids is 2. The number of nitrogens with zero attached hydrogens (tertiary/aromatic N) is 2. The fourth-order valence-electron chi connectivity index (χ4n) is 2.05. The van der Waals surface area contributed by atoms with Gasteiger partial charge < -0.3 is 10.2 Å². The summed E-state index contributed by atoms with van der Waals surface area (Å²) in [5, 5.41) is 3.75. The highest BCUT2D eigenvalue weighted by Crippen LogP contribution is 2.17. The molecule has 1 aliphatic rings. The monoisotopic (exact) mass is 267 g/mol. The number of aryl methyl sites for hydroxylation is 1. The number of rotatable bonds is 3. The average Bonchev–Trinajstić information content (AvgIpc) is 2.75. The predicted octanol–water partition coefficient (Wildman–Crippen LogP) is 0.936. The van der Waals surface area contributed by atoms with E-state index in [0.717, 1.165) is 9.88 Å². The van der Waals surface area contributed by atoms with Crippen LogP contribution in [-0.2, 0) is 16.1 Å². The van der Waals surface area contributed by atoms with Crippen LogP contribution in [0.1, 0.15) is 22.7 Å². The number of piperidine rings is 1. The van der Waals surface area contributed by atoms with Gasteiger partial charge in [0, 0.05) is 31.1 Å². The molecule has 1 aliphatic heterocycles. The van der Waals surface area contributed by atoms with E-state index in [1.54, 1.807) is 23.3 Å². The van der Waals surface area contributed by atoms with E-state index in [1.807, 2.05) is 13.1 Å². The number of carbonyl (C=O) groups is 2. The van der Waals surface area contributed by atoms with Gasteiger partial charge in [-0.2, -0.15) is 0 Å². The number of nitrogens with one attached hydrogen (secondary N) is 1. The van der Waals surface area contributed by atoms with E-state index >= 15 is 0 Å². The Morgan fingerprint density at radius 3 is 3.00 bits per heavy atom. The van der Waals surface area contributed by atoms with E-state index in [0.29, 0.717) is 25.9 Å². The summed E-state index contributed by atoms with van der Waals surface area (Å²) >= 11 is 1.61. The van der Waals surface area contributed by atoms with Crippen LogP contribution in [0.15, 0.2) is 6.20 Å². The first-order valence-corrected chi connectivity index (χ1v) is 6.81. The van der Waals surface area contributed by atoms with Crippen molar-refractivity contribution in [2.75, 3.05) is 13.6 Å². The maximum atomic E-state index is 12.2. The molecule has 5 nitrogen and oxygen atoms in total. The molecule has 2 rings (SSSR count). The lowest BCUT2D eigenvalue weighted by Crippen LogP contribution is -2.43. The maximum Gasteiger partial charge on any atom is 0.227 e. The van der Waals surface area contributed by atoms with Crippen LogP contribution in [0.4, 0.5) is 0 Å². The van der Waals surface area contributed by atoms with Crippen molar-refractivity contribution in [2.24, 2.45) is 5.92 Å².